The standard InChI is InChI=1S/8C10H22S3/c1-8(11)10(4,13)7-5-6-9(2,3)12;1-7(2)9(12)5-6-10(4,13)8(3)11;1-8(2)9(12)4-5-10(3,13)6-7-11;1-7(2)10(13)5-4-9(6-11)8(3)12;1-9(2,12)5-4-6-10(3,13)7-8-11;1-8(12)9(7-11)5-4-6-10(2,3)13;1-8(2)10(13)4-3-9(7-12)5-6-11;1-10(2,13)6-3-4-9(8-12)5-7-11/h8,11-13H,5-7H2,1-4H3;7-9,11-13H,5-6H2,1-4H3;8-9,11-13H,4-7H2,1-3H3;7-13H,4-6H2,1-3H3;11-13H,4-8H2,1-3H3;8-9,11-13H,4-7H2,1-3H3;8-13H,3-7H2,1-2H3;9,11-13H,3-8H2,1-2H3. The molecule has 0 aliphatic heterocycles. The highest BCUT2D eigenvalue weighted by Gasteiger charge is 2.28. The van der Waals surface area contributed by atoms with Crippen molar-refractivity contribution in [3.05, 3.63) is 0 Å². The van der Waals surface area contributed by atoms with E-state index in [2.05, 4.69) is 469 Å². The lowest BCUT2D eigenvalue weighted by molar-refractivity contribution is 0.467. The molecule has 24 heteroatoms. The summed E-state index contributed by atoms with van der Waals surface area (Å²) in [6.07, 6.45) is 28.1. The molecule has 0 amide bonds. The molecule has 0 bridgehead atoms. The lowest BCUT2D eigenvalue weighted by Crippen LogP contribution is -2.28. The minimum atomic E-state index is 0.0268. The predicted molar refractivity (Wildman–Crippen MR) is 582 cm³/mol. The lowest BCUT2D eigenvalue weighted by Gasteiger charge is -2.29. The fourth-order valence-electron chi connectivity index (χ4n) is 9.56. The predicted octanol–water partition coefficient (Wildman–Crippen LogP) is 29.8. The molecule has 0 aliphatic rings. The van der Waals surface area contributed by atoms with Crippen LogP contribution in [0.3, 0.4) is 0 Å². The molecule has 0 heterocycles. The molecule has 0 aromatic rings. The van der Waals surface area contributed by atoms with Crippen LogP contribution in [0.25, 0.3) is 0 Å². The molecule has 0 nitrogen and oxygen atoms in total. The second-order valence-corrected chi connectivity index (χ2v) is 52.8. The van der Waals surface area contributed by atoms with Crippen LogP contribution in [0.4, 0.5) is 0 Å². The molecule has 0 N–H and O–H groups in total. The van der Waals surface area contributed by atoms with Crippen LogP contribution in [-0.2, 0) is 0 Å². The van der Waals surface area contributed by atoms with Gasteiger partial charge in [0.2, 0.25) is 0 Å². The highest BCUT2D eigenvalue weighted by molar-refractivity contribution is 7.87. The summed E-state index contributed by atoms with van der Waals surface area (Å²) in [5, 5.41) is 3.62. The molecule has 0 rings (SSSR count). The zero-order valence-corrected chi connectivity index (χ0v) is 92.1. The highest BCUT2D eigenvalue weighted by Crippen LogP contribution is 2.35. The maximum atomic E-state index is 4.63. The van der Waals surface area contributed by atoms with Crippen molar-refractivity contribution in [3.63, 3.8) is 0 Å². The maximum absolute atomic E-state index is 4.63. The summed E-state index contributed by atoms with van der Waals surface area (Å²) in [6.45, 7) is 52.2. The Morgan fingerprint density at radius 3 is 0.788 bits per heavy atom. The van der Waals surface area contributed by atoms with Crippen LogP contribution < -0.4 is 0 Å². The Hall–Kier alpha value is 8.40. The van der Waals surface area contributed by atoms with E-state index in [0.29, 0.717) is 77.5 Å². The van der Waals surface area contributed by atoms with Crippen LogP contribution in [-0.4, -0.2) is 126 Å². The second kappa shape index (κ2) is 73.0. The lowest BCUT2D eigenvalue weighted by atomic mass is 9.96. The first-order valence-electron chi connectivity index (χ1n) is 39.1. The number of thiol groups is 24. The van der Waals surface area contributed by atoms with Crippen molar-refractivity contribution >= 4 is 303 Å². The highest BCUT2D eigenvalue weighted by atomic mass is 32.1. The third-order valence-corrected chi connectivity index (χ3v) is 30.7. The van der Waals surface area contributed by atoms with E-state index >= 15 is 0 Å². The quantitative estimate of drug-likeness (QED) is 0.0263. The maximum Gasteiger partial charge on any atom is 0.0215 e. The molecule has 0 saturated heterocycles. The summed E-state index contributed by atoms with van der Waals surface area (Å²) in [5.41, 5.74) is 0. The van der Waals surface area contributed by atoms with Crippen LogP contribution in [0.2, 0.25) is 0 Å². The molecular formula is C80H176S24. The third kappa shape index (κ3) is 94.3. The van der Waals surface area contributed by atoms with E-state index in [1.807, 2.05) is 0 Å². The monoisotopic (exact) mass is 1900 g/mol. The van der Waals surface area contributed by atoms with Crippen LogP contribution in [0, 0.1) is 47.3 Å². The van der Waals surface area contributed by atoms with E-state index in [1.165, 1.54) is 89.9 Å². The van der Waals surface area contributed by atoms with Gasteiger partial charge < -0.3 is 0 Å². The molecule has 0 aromatic carbocycles. The zero-order valence-electron chi connectivity index (χ0n) is 70.6. The Kier molecular flexibility index (Phi) is 89.8. The minimum absolute atomic E-state index is 0.0268. The average Bonchev–Trinajstić information content (AvgIpc) is 0.909. The van der Waals surface area contributed by atoms with Gasteiger partial charge >= 0.3 is 0 Å². The van der Waals surface area contributed by atoms with E-state index in [0.717, 1.165) is 122 Å². The SMILES string of the molecule is CC(C)(S)CCCC(C)(S)CCS.CC(C)(S)CCCC(CS)CCS.CC(C)C(S)CCC(C)(S)C(C)S.CC(C)C(S)CCC(C)(S)CCS.CC(C)C(S)CCC(CS)C(C)S.CC(C)C(S)CCC(CS)CCS.CC(S)C(C)(S)CCCC(C)(C)S.CC(S)C(CS)CCCC(C)(C)S. The molecule has 640 valence electrons. The average molecular weight is 1910 g/mol. The van der Waals surface area contributed by atoms with E-state index < -0.39 is 0 Å². The van der Waals surface area contributed by atoms with Crippen LogP contribution >= 0.6 is 303 Å². The van der Waals surface area contributed by atoms with Crippen molar-refractivity contribution in [1.82, 2.24) is 0 Å². The minimum Gasteiger partial charge on any atom is -0.179 e. The first kappa shape index (κ1) is 128. The normalized spacial score (nSPS) is 17.9. The van der Waals surface area contributed by atoms with Gasteiger partial charge in [-0.25, -0.2) is 0 Å². The van der Waals surface area contributed by atoms with Crippen molar-refractivity contribution < 1.29 is 0 Å². The molecule has 0 radical (unpaired) electrons. The Labute approximate surface area is 786 Å². The summed E-state index contributed by atoms with van der Waals surface area (Å²) in [6, 6.07) is 0. The van der Waals surface area contributed by atoms with Gasteiger partial charge in [-0.2, -0.15) is 303 Å². The summed E-state index contributed by atoms with van der Waals surface area (Å²) in [4.78, 5) is 0. The Balaban J connectivity index is -0.000000169. The molecule has 16 unspecified atom stereocenters. The molecule has 0 aromatic heterocycles. The van der Waals surface area contributed by atoms with Gasteiger partial charge in [-0.1, -0.05) is 178 Å². The largest absolute Gasteiger partial charge is 0.179 e. The fraction of sp³-hybridized carbons (Fsp3) is 1.00. The third-order valence-electron chi connectivity index (χ3n) is 19.0. The van der Waals surface area contributed by atoms with Crippen molar-refractivity contribution in [2.45, 2.75) is 400 Å². The molecule has 0 spiro atoms. The number of rotatable bonds is 48. The van der Waals surface area contributed by atoms with Crippen LogP contribution in [0.5, 0.6) is 0 Å². The molecule has 0 fully saturated rings. The Morgan fingerprint density at radius 2 is 0.500 bits per heavy atom. The smallest absolute Gasteiger partial charge is 0.0215 e. The summed E-state index contributed by atoms with van der Waals surface area (Å²) < 4.78 is 1.01. The van der Waals surface area contributed by atoms with Crippen molar-refractivity contribution in [2.75, 3.05) is 46.0 Å². The van der Waals surface area contributed by atoms with Gasteiger partial charge in [-0.05, 0) is 236 Å². The Bertz CT molecular complexity index is 1800. The van der Waals surface area contributed by atoms with Gasteiger partial charge in [0.1, 0.15) is 0 Å². The van der Waals surface area contributed by atoms with Gasteiger partial charge in [-0.15, -0.1) is 0 Å². The first-order chi connectivity index (χ1) is 47.0. The molecule has 104 heavy (non-hydrogen) atoms. The van der Waals surface area contributed by atoms with Crippen molar-refractivity contribution in [3.8, 4) is 0 Å². The van der Waals surface area contributed by atoms with E-state index in [9.17, 15) is 0 Å². The molecule has 0 aliphatic carbocycles. The zero-order chi connectivity index (χ0) is 83.9. The van der Waals surface area contributed by atoms with Gasteiger partial charge in [0.05, 0.1) is 0 Å². The summed E-state index contributed by atoms with van der Waals surface area (Å²) >= 11 is 107. The topological polar surface area (TPSA) is 0 Å². The molecular weight excluding hydrogens is 1730 g/mol. The second-order valence-electron chi connectivity index (χ2n) is 34.7. The van der Waals surface area contributed by atoms with E-state index in [-0.39, 0.29) is 38.0 Å². The van der Waals surface area contributed by atoms with Gasteiger partial charge in [-0.3, -0.25) is 0 Å². The van der Waals surface area contributed by atoms with Crippen molar-refractivity contribution in [2.24, 2.45) is 47.3 Å². The van der Waals surface area contributed by atoms with Gasteiger partial charge in [0.25, 0.3) is 0 Å². The van der Waals surface area contributed by atoms with E-state index in [4.69, 9.17) is 0 Å². The summed E-state index contributed by atoms with van der Waals surface area (Å²) in [7, 11) is 0. The van der Waals surface area contributed by atoms with Crippen molar-refractivity contribution in [1.29, 1.82) is 0 Å². The molecule has 0 saturated carbocycles. The van der Waals surface area contributed by atoms with Crippen LogP contribution in [0.15, 0.2) is 0 Å². The summed E-state index contributed by atoms with van der Waals surface area (Å²) in [5.74, 6) is 13.0. The fourth-order valence-corrected chi connectivity index (χ4v) is 16.4. The van der Waals surface area contributed by atoms with Gasteiger partial charge in [0, 0.05) is 80.0 Å². The molecule has 16 atom stereocenters. The van der Waals surface area contributed by atoms with E-state index in [1.54, 1.807) is 0 Å². The first-order valence-corrected chi connectivity index (χ1v) is 51.9. The number of hydrogen-bond donors (Lipinski definition) is 24. The Morgan fingerprint density at radius 1 is 0.231 bits per heavy atom. The van der Waals surface area contributed by atoms with Crippen LogP contribution in [0.1, 0.15) is 320 Å². The van der Waals surface area contributed by atoms with Gasteiger partial charge in [0.15, 0.2) is 0 Å². The number of hydrogen-bond acceptors (Lipinski definition) is 24.